The summed E-state index contributed by atoms with van der Waals surface area (Å²) in [6, 6.07) is 5.59. The summed E-state index contributed by atoms with van der Waals surface area (Å²) in [5.74, 6) is 1.44. The number of ether oxygens (including phenoxy) is 2. The number of hydrogen-bond acceptors (Lipinski definition) is 5. The van der Waals surface area contributed by atoms with Gasteiger partial charge in [0.05, 0.1) is 26.5 Å². The van der Waals surface area contributed by atoms with Crippen molar-refractivity contribution in [3.8, 4) is 11.5 Å². The van der Waals surface area contributed by atoms with Crippen LogP contribution in [0.4, 0.5) is 5.69 Å². The SMILES string of the molecule is COc1ccc(NC(=S)N2CCN(CCO)CC2)c(OC)c1. The van der Waals surface area contributed by atoms with Gasteiger partial charge < -0.3 is 24.8 Å². The van der Waals surface area contributed by atoms with Crippen molar-refractivity contribution in [1.82, 2.24) is 9.80 Å². The number of nitrogens with zero attached hydrogens (tertiary/aromatic N) is 2. The number of β-amino-alcohol motifs (C(OH)–C–C–N with tert-alkyl or cyclic N) is 1. The predicted octanol–water partition coefficient (Wildman–Crippen LogP) is 1.01. The average molecular weight is 325 g/mol. The fraction of sp³-hybridized carbons (Fsp3) is 0.533. The smallest absolute Gasteiger partial charge is 0.173 e. The molecule has 0 atom stereocenters. The van der Waals surface area contributed by atoms with Crippen molar-refractivity contribution >= 4 is 23.0 Å². The zero-order chi connectivity index (χ0) is 15.9. The Kier molecular flexibility index (Phi) is 6.23. The number of nitrogens with one attached hydrogen (secondary N) is 1. The highest BCUT2D eigenvalue weighted by atomic mass is 32.1. The van der Waals surface area contributed by atoms with Gasteiger partial charge in [0.15, 0.2) is 5.11 Å². The van der Waals surface area contributed by atoms with Crippen molar-refractivity contribution in [2.45, 2.75) is 0 Å². The van der Waals surface area contributed by atoms with Crippen LogP contribution >= 0.6 is 12.2 Å². The van der Waals surface area contributed by atoms with Gasteiger partial charge in [0.25, 0.3) is 0 Å². The normalized spacial score (nSPS) is 15.5. The molecule has 7 heteroatoms. The molecule has 0 amide bonds. The van der Waals surface area contributed by atoms with Gasteiger partial charge in [-0.25, -0.2) is 0 Å². The molecule has 0 bridgehead atoms. The summed E-state index contributed by atoms with van der Waals surface area (Å²) in [7, 11) is 3.25. The van der Waals surface area contributed by atoms with Gasteiger partial charge in [-0.2, -0.15) is 0 Å². The molecular formula is C15H23N3O3S. The maximum absolute atomic E-state index is 8.97. The molecule has 0 aliphatic carbocycles. The van der Waals surface area contributed by atoms with Crippen LogP contribution in [-0.4, -0.2) is 73.6 Å². The minimum Gasteiger partial charge on any atom is -0.497 e. The molecule has 2 N–H and O–H groups in total. The summed E-state index contributed by atoms with van der Waals surface area (Å²) in [5.41, 5.74) is 0.825. The van der Waals surface area contributed by atoms with Gasteiger partial charge in [-0.05, 0) is 24.4 Å². The molecule has 1 heterocycles. The number of hydrogen-bond donors (Lipinski definition) is 2. The van der Waals surface area contributed by atoms with Crippen LogP contribution in [0, 0.1) is 0 Å². The zero-order valence-corrected chi connectivity index (χ0v) is 13.9. The molecule has 0 saturated carbocycles. The van der Waals surface area contributed by atoms with Crippen LogP contribution in [-0.2, 0) is 0 Å². The van der Waals surface area contributed by atoms with Crippen LogP contribution in [0.15, 0.2) is 18.2 Å². The monoisotopic (exact) mass is 325 g/mol. The highest BCUT2D eigenvalue weighted by molar-refractivity contribution is 7.80. The highest BCUT2D eigenvalue weighted by Crippen LogP contribution is 2.29. The summed E-state index contributed by atoms with van der Waals surface area (Å²) in [4.78, 5) is 4.36. The lowest BCUT2D eigenvalue weighted by Gasteiger charge is -2.36. The van der Waals surface area contributed by atoms with Gasteiger partial charge in [-0.15, -0.1) is 0 Å². The molecule has 1 aliphatic heterocycles. The summed E-state index contributed by atoms with van der Waals surface area (Å²) in [5, 5.41) is 12.9. The molecule has 0 radical (unpaired) electrons. The van der Waals surface area contributed by atoms with Crippen molar-refractivity contribution in [2.75, 3.05) is 58.9 Å². The Bertz CT molecular complexity index is 505. The fourth-order valence-corrected chi connectivity index (χ4v) is 2.70. The van der Waals surface area contributed by atoms with Crippen molar-refractivity contribution in [2.24, 2.45) is 0 Å². The van der Waals surface area contributed by atoms with E-state index in [0.29, 0.717) is 10.9 Å². The van der Waals surface area contributed by atoms with Crippen LogP contribution in [0.5, 0.6) is 11.5 Å². The summed E-state index contributed by atoms with van der Waals surface area (Å²) in [6.07, 6.45) is 0. The van der Waals surface area contributed by atoms with Gasteiger partial charge >= 0.3 is 0 Å². The van der Waals surface area contributed by atoms with Crippen molar-refractivity contribution in [3.63, 3.8) is 0 Å². The number of aliphatic hydroxyl groups is 1. The maximum Gasteiger partial charge on any atom is 0.173 e. The second-order valence-electron chi connectivity index (χ2n) is 5.05. The molecule has 1 aromatic carbocycles. The minimum absolute atomic E-state index is 0.200. The molecule has 1 aliphatic rings. The van der Waals surface area contributed by atoms with Gasteiger partial charge in [0.2, 0.25) is 0 Å². The van der Waals surface area contributed by atoms with Gasteiger partial charge in [0.1, 0.15) is 11.5 Å². The number of benzene rings is 1. The molecule has 122 valence electrons. The molecule has 2 rings (SSSR count). The lowest BCUT2D eigenvalue weighted by atomic mass is 10.2. The molecule has 22 heavy (non-hydrogen) atoms. The molecule has 0 spiro atoms. The number of thiocarbonyl (C=S) groups is 1. The van der Waals surface area contributed by atoms with E-state index >= 15 is 0 Å². The van der Waals surface area contributed by atoms with E-state index in [1.54, 1.807) is 14.2 Å². The van der Waals surface area contributed by atoms with Gasteiger partial charge in [-0.3, -0.25) is 4.90 Å². The molecule has 6 nitrogen and oxygen atoms in total. The quantitative estimate of drug-likeness (QED) is 0.784. The summed E-state index contributed by atoms with van der Waals surface area (Å²) >= 11 is 5.49. The van der Waals surface area contributed by atoms with Crippen molar-refractivity contribution in [3.05, 3.63) is 18.2 Å². The number of methoxy groups -OCH3 is 2. The Morgan fingerprint density at radius 3 is 2.55 bits per heavy atom. The van der Waals surface area contributed by atoms with E-state index in [4.69, 9.17) is 26.8 Å². The van der Waals surface area contributed by atoms with Crippen molar-refractivity contribution in [1.29, 1.82) is 0 Å². The van der Waals surface area contributed by atoms with Crippen molar-refractivity contribution < 1.29 is 14.6 Å². The van der Waals surface area contributed by atoms with E-state index in [-0.39, 0.29) is 6.61 Å². The summed E-state index contributed by atoms with van der Waals surface area (Å²) < 4.78 is 10.6. The average Bonchev–Trinajstić information content (AvgIpc) is 2.56. The largest absolute Gasteiger partial charge is 0.497 e. The first-order chi connectivity index (χ1) is 10.7. The standard InChI is InChI=1S/C15H23N3O3S/c1-20-12-3-4-13(14(11-12)21-2)16-15(22)18-7-5-17(6-8-18)9-10-19/h3-4,11,19H,5-10H2,1-2H3,(H,16,22). The number of anilines is 1. The van der Waals surface area contributed by atoms with Crippen LogP contribution in [0.2, 0.25) is 0 Å². The third-order valence-corrected chi connectivity index (χ3v) is 4.09. The van der Waals surface area contributed by atoms with Gasteiger partial charge in [-0.1, -0.05) is 0 Å². The first kappa shape index (κ1) is 16.8. The summed E-state index contributed by atoms with van der Waals surface area (Å²) in [6.45, 7) is 4.44. The first-order valence-corrected chi connectivity index (χ1v) is 7.70. The van der Waals surface area contributed by atoms with E-state index in [0.717, 1.165) is 44.2 Å². The second kappa shape index (κ2) is 8.17. The molecular weight excluding hydrogens is 302 g/mol. The third kappa shape index (κ3) is 4.22. The number of piperazine rings is 1. The van der Waals surface area contributed by atoms with Crippen LogP contribution in [0.1, 0.15) is 0 Å². The Morgan fingerprint density at radius 1 is 1.23 bits per heavy atom. The first-order valence-electron chi connectivity index (χ1n) is 7.29. The fourth-order valence-electron chi connectivity index (χ4n) is 2.41. The van der Waals surface area contributed by atoms with E-state index in [1.807, 2.05) is 18.2 Å². The zero-order valence-electron chi connectivity index (χ0n) is 13.0. The van der Waals surface area contributed by atoms with E-state index in [9.17, 15) is 0 Å². The van der Waals surface area contributed by atoms with Gasteiger partial charge in [0, 0.05) is 38.8 Å². The topological polar surface area (TPSA) is 57.2 Å². The molecule has 0 unspecified atom stereocenters. The van der Waals surface area contributed by atoms with E-state index < -0.39 is 0 Å². The third-order valence-electron chi connectivity index (χ3n) is 3.73. The number of rotatable bonds is 5. The number of aliphatic hydroxyl groups excluding tert-OH is 1. The second-order valence-corrected chi connectivity index (χ2v) is 5.44. The Hall–Kier alpha value is -1.57. The van der Waals surface area contributed by atoms with Crippen LogP contribution in [0.25, 0.3) is 0 Å². The lowest BCUT2D eigenvalue weighted by Crippen LogP contribution is -2.50. The van der Waals surface area contributed by atoms with E-state index in [1.165, 1.54) is 0 Å². The molecule has 1 aromatic rings. The van der Waals surface area contributed by atoms with Crippen LogP contribution < -0.4 is 14.8 Å². The Morgan fingerprint density at radius 2 is 1.95 bits per heavy atom. The van der Waals surface area contributed by atoms with Crippen LogP contribution in [0.3, 0.4) is 0 Å². The van der Waals surface area contributed by atoms with E-state index in [2.05, 4.69) is 15.1 Å². The minimum atomic E-state index is 0.200. The Labute approximate surface area is 136 Å². The Balaban J connectivity index is 1.95. The molecule has 1 saturated heterocycles. The lowest BCUT2D eigenvalue weighted by molar-refractivity contribution is 0.148. The molecule has 0 aromatic heterocycles. The molecule has 1 fully saturated rings. The predicted molar refractivity (Wildman–Crippen MR) is 90.9 cm³/mol. The maximum atomic E-state index is 8.97. The highest BCUT2D eigenvalue weighted by Gasteiger charge is 2.19.